The molecule has 0 aromatic carbocycles. The van der Waals surface area contributed by atoms with E-state index in [9.17, 15) is 13.2 Å². The largest absolute Gasteiger partial charge is 0.521 e. The number of ether oxygens (including phenoxy) is 1. The van der Waals surface area contributed by atoms with Crippen LogP contribution in [-0.4, -0.2) is 27.6 Å². The Bertz CT molecular complexity index is 458. The summed E-state index contributed by atoms with van der Waals surface area (Å²) in [6.45, 7) is 6.71. The Morgan fingerprint density at radius 1 is 0.917 bits per heavy atom. The van der Waals surface area contributed by atoms with Gasteiger partial charge in [0.25, 0.3) is 0 Å². The van der Waals surface area contributed by atoms with Crippen LogP contribution in [-0.2, 0) is 28.4 Å². The number of carbonyl (C=O) groups excluding carboxylic acids is 1. The van der Waals surface area contributed by atoms with Crippen LogP contribution in [0.25, 0.3) is 5.01 Å². The van der Waals surface area contributed by atoms with Gasteiger partial charge >= 0.3 is 22.9 Å². The summed E-state index contributed by atoms with van der Waals surface area (Å²) in [5.74, 6) is -0.269. The molecular formula is C16H30NO6S+. The molecule has 0 unspecified atom stereocenters. The smallest absolute Gasteiger partial charge is 0.466 e. The third-order valence-electron chi connectivity index (χ3n) is 3.40. The molecule has 0 spiro atoms. The van der Waals surface area contributed by atoms with Crippen molar-refractivity contribution in [3.05, 3.63) is 5.01 Å². The van der Waals surface area contributed by atoms with E-state index in [1.54, 1.807) is 0 Å². The lowest BCUT2D eigenvalue weighted by atomic mass is 10.1. The van der Waals surface area contributed by atoms with Gasteiger partial charge in [0.15, 0.2) is 0 Å². The predicted octanol–water partition coefficient (Wildman–Crippen LogP) is 4.00. The molecule has 0 atom stereocenters. The second kappa shape index (κ2) is 15.2. The van der Waals surface area contributed by atoms with Gasteiger partial charge in [0.05, 0.1) is 13.2 Å². The van der Waals surface area contributed by atoms with Crippen LogP contribution in [0.4, 0.5) is 0 Å². The minimum Gasteiger partial charge on any atom is -0.466 e. The van der Waals surface area contributed by atoms with Crippen molar-refractivity contribution in [1.29, 1.82) is 0 Å². The van der Waals surface area contributed by atoms with E-state index in [1.807, 2.05) is 0 Å². The quantitative estimate of drug-likeness (QED) is 0.234. The summed E-state index contributed by atoms with van der Waals surface area (Å²) in [7, 11) is -4.20. The highest BCUT2D eigenvalue weighted by molar-refractivity contribution is 7.81. The topological polar surface area (TPSA) is 83.3 Å². The first-order chi connectivity index (χ1) is 11.5. The third kappa shape index (κ3) is 15.6. The van der Waals surface area contributed by atoms with Gasteiger partial charge in [0, 0.05) is 17.1 Å². The minimum absolute atomic E-state index is 0.103. The normalized spacial score (nSPS) is 11.0. The van der Waals surface area contributed by atoms with Crippen LogP contribution in [0.5, 0.6) is 0 Å². The highest BCUT2D eigenvalue weighted by atomic mass is 32.3. The van der Waals surface area contributed by atoms with Crippen molar-refractivity contribution in [2.24, 2.45) is 0 Å². The molecule has 24 heavy (non-hydrogen) atoms. The molecule has 140 valence electrons. The van der Waals surface area contributed by atoms with Crippen LogP contribution in [0.3, 0.4) is 0 Å². The highest BCUT2D eigenvalue weighted by Gasteiger charge is 2.18. The maximum atomic E-state index is 11.5. The Hall–Kier alpha value is -1.33. The van der Waals surface area contributed by atoms with Crippen molar-refractivity contribution in [3.8, 4) is 6.57 Å². The molecule has 0 saturated carbocycles. The highest BCUT2D eigenvalue weighted by Crippen LogP contribution is 2.10. The van der Waals surface area contributed by atoms with Crippen molar-refractivity contribution in [1.82, 2.24) is 0 Å². The van der Waals surface area contributed by atoms with Gasteiger partial charge in [-0.25, -0.2) is 4.18 Å². The fourth-order valence-electron chi connectivity index (χ4n) is 2.13. The summed E-state index contributed by atoms with van der Waals surface area (Å²) in [6.07, 6.45) is 11.3. The summed E-state index contributed by atoms with van der Waals surface area (Å²) < 4.78 is 35.0. The number of unbranched alkanes of at least 4 members (excludes halogenated alkanes) is 8. The van der Waals surface area contributed by atoms with Crippen molar-refractivity contribution in [3.63, 3.8) is 0 Å². The van der Waals surface area contributed by atoms with Gasteiger partial charge in [0.2, 0.25) is 5.01 Å². The number of nitrogens with zero attached hydrogens (tertiary/aromatic N) is 1. The Kier molecular flexibility index (Phi) is 14.4. The first-order valence-electron chi connectivity index (χ1n) is 8.65. The molecule has 0 bridgehead atoms. The van der Waals surface area contributed by atoms with Crippen LogP contribution < -0.4 is 0 Å². The van der Waals surface area contributed by atoms with Crippen LogP contribution in [0.15, 0.2) is 0 Å². The van der Waals surface area contributed by atoms with Gasteiger partial charge in [-0.2, -0.15) is 8.42 Å². The Morgan fingerprint density at radius 2 is 1.50 bits per heavy atom. The summed E-state index contributed by atoms with van der Waals surface area (Å²) in [5, 5.41) is 2.51. The molecule has 0 fully saturated rings. The zero-order valence-corrected chi connectivity index (χ0v) is 15.4. The zero-order valence-electron chi connectivity index (χ0n) is 14.6. The summed E-state index contributed by atoms with van der Waals surface area (Å²) in [6, 6.07) is 0. The fourth-order valence-corrected chi connectivity index (χ4v) is 2.60. The maximum Gasteiger partial charge on any atom is 0.521 e. The molecule has 0 amide bonds. The van der Waals surface area contributed by atoms with Gasteiger partial charge < -0.3 is 4.74 Å². The van der Waals surface area contributed by atoms with E-state index in [-0.39, 0.29) is 25.6 Å². The van der Waals surface area contributed by atoms with Gasteiger partial charge in [-0.1, -0.05) is 58.3 Å². The van der Waals surface area contributed by atoms with Crippen molar-refractivity contribution < 1.29 is 26.4 Å². The molecule has 0 aromatic rings. The van der Waals surface area contributed by atoms with Gasteiger partial charge in [-0.15, -0.1) is 0 Å². The van der Waals surface area contributed by atoms with Crippen molar-refractivity contribution in [2.45, 2.75) is 77.6 Å². The van der Waals surface area contributed by atoms with E-state index in [2.05, 4.69) is 27.0 Å². The van der Waals surface area contributed by atoms with Crippen molar-refractivity contribution >= 4 is 16.4 Å². The number of hydrogen-bond donors (Lipinski definition) is 0. The van der Waals surface area contributed by atoms with Gasteiger partial charge in [-0.05, 0) is 6.42 Å². The van der Waals surface area contributed by atoms with E-state index in [1.165, 1.54) is 38.5 Å². The Balaban J connectivity index is 3.37. The molecule has 0 heterocycles. The van der Waals surface area contributed by atoms with Crippen LogP contribution >= 0.6 is 0 Å². The van der Waals surface area contributed by atoms with E-state index in [0.717, 1.165) is 19.3 Å². The molecule has 0 radical (unpaired) electrons. The number of esters is 1. The van der Waals surface area contributed by atoms with E-state index >= 15 is 0 Å². The molecular weight excluding hydrogens is 334 g/mol. The first kappa shape index (κ1) is 22.7. The maximum absolute atomic E-state index is 11.5. The molecule has 0 N–H and O–H groups in total. The molecule has 0 aliphatic rings. The number of carbonyl (C=O) groups is 1. The predicted molar refractivity (Wildman–Crippen MR) is 91.7 cm³/mol. The lowest BCUT2D eigenvalue weighted by Gasteiger charge is -2.04. The fraction of sp³-hybridized carbons (Fsp3) is 0.875. The molecule has 7 nitrogen and oxygen atoms in total. The lowest BCUT2D eigenvalue weighted by Crippen LogP contribution is -2.11. The van der Waals surface area contributed by atoms with Crippen LogP contribution in [0.1, 0.15) is 77.6 Å². The zero-order chi connectivity index (χ0) is 18.1. The second-order valence-electron chi connectivity index (χ2n) is 5.56. The average molecular weight is 364 g/mol. The average Bonchev–Trinajstić information content (AvgIpc) is 2.52. The lowest BCUT2D eigenvalue weighted by molar-refractivity contribution is -0.144. The third-order valence-corrected chi connectivity index (χ3v) is 4.12. The molecule has 0 aliphatic carbocycles. The van der Waals surface area contributed by atoms with E-state index in [0.29, 0.717) is 6.42 Å². The van der Waals surface area contributed by atoms with Crippen LogP contribution in [0.2, 0.25) is 0 Å². The number of rotatable bonds is 16. The van der Waals surface area contributed by atoms with Gasteiger partial charge in [-0.3, -0.25) is 4.79 Å². The molecule has 0 aliphatic heterocycles. The van der Waals surface area contributed by atoms with E-state index < -0.39 is 10.4 Å². The SMILES string of the molecule is C#[N+]OS(=O)(=O)OCCCOC(=O)CCCCCCCCCCC. The molecule has 0 aromatic heterocycles. The van der Waals surface area contributed by atoms with Crippen LogP contribution in [0, 0.1) is 6.57 Å². The minimum atomic E-state index is -4.20. The molecule has 0 rings (SSSR count). The Labute approximate surface area is 145 Å². The van der Waals surface area contributed by atoms with Gasteiger partial charge in [0.1, 0.15) is 0 Å². The van der Waals surface area contributed by atoms with E-state index in [4.69, 9.17) is 4.74 Å². The standard InChI is InChI=1S/C16H30NO6S/c1-3-4-5-6-7-8-9-10-11-13-16(18)21-14-12-15-22-24(19,20)23-17-2/h2H,3-15H2,1H3/q+1. The summed E-state index contributed by atoms with van der Waals surface area (Å²) >= 11 is 0. The molecule has 8 heteroatoms. The first-order valence-corrected chi connectivity index (χ1v) is 9.99. The molecule has 0 saturated heterocycles. The monoisotopic (exact) mass is 364 g/mol. The Morgan fingerprint density at radius 3 is 2.08 bits per heavy atom. The van der Waals surface area contributed by atoms with Crippen molar-refractivity contribution in [2.75, 3.05) is 13.2 Å². The second-order valence-corrected chi connectivity index (χ2v) is 6.76. The number of hydrogen-bond acceptors (Lipinski definition) is 6. The summed E-state index contributed by atoms with van der Waals surface area (Å²) in [5.41, 5.74) is 0. The summed E-state index contributed by atoms with van der Waals surface area (Å²) in [4.78, 5) is 11.5.